The summed E-state index contributed by atoms with van der Waals surface area (Å²) in [7, 11) is 0. The van der Waals surface area contributed by atoms with Crippen LogP contribution < -0.4 is 10.2 Å². The summed E-state index contributed by atoms with van der Waals surface area (Å²) in [6.07, 6.45) is 6.59. The van der Waals surface area contributed by atoms with Crippen molar-refractivity contribution in [2.45, 2.75) is 32.1 Å². The first-order valence-electron chi connectivity index (χ1n) is 7.61. The highest BCUT2D eigenvalue weighted by Crippen LogP contribution is 2.23. The molecular formula is C16H20ClN3O. The molecule has 0 bridgehead atoms. The molecule has 21 heavy (non-hydrogen) atoms. The first-order chi connectivity index (χ1) is 10.2. The van der Waals surface area contributed by atoms with Crippen LogP contribution in [0.1, 0.15) is 32.1 Å². The van der Waals surface area contributed by atoms with Gasteiger partial charge in [-0.2, -0.15) is 4.99 Å². The lowest BCUT2D eigenvalue weighted by atomic mass is 9.89. The number of carbonyl (C=O) groups is 1. The Kier molecular flexibility index (Phi) is 4.44. The lowest BCUT2D eigenvalue weighted by Crippen LogP contribution is -2.35. The van der Waals surface area contributed by atoms with Crippen LogP contribution in [0, 0.1) is 5.92 Å². The van der Waals surface area contributed by atoms with Crippen molar-refractivity contribution in [2.24, 2.45) is 10.9 Å². The van der Waals surface area contributed by atoms with Crippen molar-refractivity contribution < 1.29 is 4.79 Å². The first-order valence-corrected chi connectivity index (χ1v) is 7.98. The van der Waals surface area contributed by atoms with Gasteiger partial charge in [0.05, 0.1) is 6.54 Å². The van der Waals surface area contributed by atoms with Crippen LogP contribution in [0.5, 0.6) is 0 Å². The van der Waals surface area contributed by atoms with Crippen LogP contribution in [-0.4, -0.2) is 25.0 Å². The van der Waals surface area contributed by atoms with Gasteiger partial charge >= 0.3 is 6.03 Å². The maximum atomic E-state index is 12.0. The van der Waals surface area contributed by atoms with Crippen LogP contribution in [0.4, 0.5) is 10.5 Å². The van der Waals surface area contributed by atoms with Gasteiger partial charge in [-0.3, -0.25) is 4.90 Å². The summed E-state index contributed by atoms with van der Waals surface area (Å²) in [6.45, 7) is 1.45. The van der Waals surface area contributed by atoms with E-state index >= 15 is 0 Å². The summed E-state index contributed by atoms with van der Waals surface area (Å²) in [6, 6.07) is 7.07. The molecule has 0 radical (unpaired) electrons. The van der Waals surface area contributed by atoms with Gasteiger partial charge in [-0.15, -0.1) is 0 Å². The fourth-order valence-corrected chi connectivity index (χ4v) is 3.13. The van der Waals surface area contributed by atoms with E-state index in [2.05, 4.69) is 10.3 Å². The maximum Gasteiger partial charge on any atom is 0.350 e. The standard InChI is InChI=1S/C16H20ClN3O/c17-13-6-8-14(9-7-13)20-11-15(19-16(20)21)18-10-12-4-2-1-3-5-12/h6-9,12H,1-5,10-11H2,(H,18,19,21). The van der Waals surface area contributed by atoms with Crippen LogP contribution >= 0.6 is 11.6 Å². The Morgan fingerprint density at radius 1 is 1.19 bits per heavy atom. The number of anilines is 1. The molecule has 2 amide bonds. The third kappa shape index (κ3) is 3.56. The van der Waals surface area contributed by atoms with E-state index < -0.39 is 0 Å². The lowest BCUT2D eigenvalue weighted by molar-refractivity contribution is 0.256. The number of nitrogens with one attached hydrogen (secondary N) is 1. The van der Waals surface area contributed by atoms with Gasteiger partial charge in [-0.1, -0.05) is 30.9 Å². The molecule has 4 nitrogen and oxygen atoms in total. The third-order valence-corrected chi connectivity index (χ3v) is 4.48. The quantitative estimate of drug-likeness (QED) is 0.922. The van der Waals surface area contributed by atoms with E-state index in [-0.39, 0.29) is 6.03 Å². The number of halogens is 1. The second kappa shape index (κ2) is 6.48. The van der Waals surface area contributed by atoms with Gasteiger partial charge in [-0.05, 0) is 43.0 Å². The topological polar surface area (TPSA) is 44.7 Å². The predicted molar refractivity (Wildman–Crippen MR) is 86.2 cm³/mol. The van der Waals surface area contributed by atoms with Crippen molar-refractivity contribution in [3.63, 3.8) is 0 Å². The monoisotopic (exact) mass is 305 g/mol. The number of aliphatic imine (C=N–C) groups is 1. The average molecular weight is 306 g/mol. The molecular weight excluding hydrogens is 286 g/mol. The Hall–Kier alpha value is -1.55. The van der Waals surface area contributed by atoms with Crippen molar-refractivity contribution in [1.29, 1.82) is 0 Å². The summed E-state index contributed by atoms with van der Waals surface area (Å²) >= 11 is 5.87. The van der Waals surface area contributed by atoms with Crippen molar-refractivity contribution in [3.05, 3.63) is 29.3 Å². The van der Waals surface area contributed by atoms with E-state index in [0.29, 0.717) is 11.6 Å². The van der Waals surface area contributed by atoms with Crippen molar-refractivity contribution in [3.8, 4) is 0 Å². The number of benzene rings is 1. The fraction of sp³-hybridized carbons (Fsp3) is 0.500. The van der Waals surface area contributed by atoms with Gasteiger partial charge in [0.25, 0.3) is 0 Å². The maximum absolute atomic E-state index is 12.0. The molecule has 1 heterocycles. The molecule has 1 aromatic carbocycles. The molecule has 0 aromatic heterocycles. The van der Waals surface area contributed by atoms with E-state index in [1.54, 1.807) is 17.0 Å². The molecule has 112 valence electrons. The molecule has 0 saturated heterocycles. The highest BCUT2D eigenvalue weighted by Gasteiger charge is 2.25. The number of carbonyl (C=O) groups excluding carboxylic acids is 1. The zero-order chi connectivity index (χ0) is 14.7. The smallest absolute Gasteiger partial charge is 0.350 e. The molecule has 3 rings (SSSR count). The van der Waals surface area contributed by atoms with E-state index in [1.807, 2.05) is 12.1 Å². The Labute approximate surface area is 130 Å². The molecule has 0 atom stereocenters. The molecule has 1 saturated carbocycles. The van der Waals surface area contributed by atoms with Crippen molar-refractivity contribution in [2.75, 3.05) is 18.0 Å². The number of hydrogen-bond acceptors (Lipinski definition) is 2. The predicted octanol–water partition coefficient (Wildman–Crippen LogP) is 3.85. The van der Waals surface area contributed by atoms with Gasteiger partial charge < -0.3 is 5.32 Å². The molecule has 1 fully saturated rings. The largest absolute Gasteiger partial charge is 0.372 e. The molecule has 1 aliphatic carbocycles. The molecule has 1 aromatic rings. The summed E-state index contributed by atoms with van der Waals surface area (Å²) in [4.78, 5) is 17.8. The van der Waals surface area contributed by atoms with Gasteiger partial charge in [-0.25, -0.2) is 4.79 Å². The fourth-order valence-electron chi connectivity index (χ4n) is 3.00. The Bertz CT molecular complexity index is 535. The minimum absolute atomic E-state index is 0.205. The van der Waals surface area contributed by atoms with Gasteiger partial charge in [0, 0.05) is 17.3 Å². The van der Waals surface area contributed by atoms with E-state index in [0.717, 1.165) is 24.0 Å². The summed E-state index contributed by atoms with van der Waals surface area (Å²) in [5.74, 6) is 1.50. The lowest BCUT2D eigenvalue weighted by Gasteiger charge is -2.22. The molecule has 1 aliphatic heterocycles. The first kappa shape index (κ1) is 14.4. The summed E-state index contributed by atoms with van der Waals surface area (Å²) in [5.41, 5.74) is 0.836. The Morgan fingerprint density at radius 3 is 2.62 bits per heavy atom. The minimum atomic E-state index is -0.205. The minimum Gasteiger partial charge on any atom is -0.372 e. The second-order valence-corrected chi connectivity index (χ2v) is 6.23. The van der Waals surface area contributed by atoms with E-state index in [1.165, 1.54) is 32.1 Å². The van der Waals surface area contributed by atoms with Crippen LogP contribution in [0.2, 0.25) is 5.02 Å². The SMILES string of the molecule is O=C1N=C(NCC2CCCCC2)CN1c1ccc(Cl)cc1. The molecule has 2 aliphatic rings. The number of amidine groups is 1. The normalized spacial score (nSPS) is 19.8. The van der Waals surface area contributed by atoms with E-state index in [4.69, 9.17) is 11.6 Å². The Balaban J connectivity index is 1.55. The summed E-state index contributed by atoms with van der Waals surface area (Å²) < 4.78 is 0. The second-order valence-electron chi connectivity index (χ2n) is 5.79. The summed E-state index contributed by atoms with van der Waals surface area (Å²) in [5, 5.41) is 4.02. The molecule has 5 heteroatoms. The van der Waals surface area contributed by atoms with Crippen LogP contribution in [0.15, 0.2) is 29.3 Å². The molecule has 1 N–H and O–H groups in total. The van der Waals surface area contributed by atoms with Gasteiger partial charge in [0.15, 0.2) is 0 Å². The number of nitrogens with zero attached hydrogens (tertiary/aromatic N) is 2. The number of amides is 2. The van der Waals surface area contributed by atoms with Gasteiger partial charge in [0.1, 0.15) is 5.84 Å². The van der Waals surface area contributed by atoms with Crippen LogP contribution in [0.25, 0.3) is 0 Å². The number of urea groups is 1. The van der Waals surface area contributed by atoms with Crippen molar-refractivity contribution in [1.82, 2.24) is 5.32 Å². The Morgan fingerprint density at radius 2 is 1.90 bits per heavy atom. The molecule has 0 spiro atoms. The zero-order valence-electron chi connectivity index (χ0n) is 12.0. The van der Waals surface area contributed by atoms with Crippen molar-refractivity contribution >= 4 is 29.2 Å². The van der Waals surface area contributed by atoms with E-state index in [9.17, 15) is 4.79 Å². The highest BCUT2D eigenvalue weighted by atomic mass is 35.5. The van der Waals surface area contributed by atoms with Crippen LogP contribution in [0.3, 0.4) is 0 Å². The average Bonchev–Trinajstić information content (AvgIpc) is 2.88. The number of rotatable bonds is 3. The zero-order valence-corrected chi connectivity index (χ0v) is 12.8. The number of hydrogen-bond donors (Lipinski definition) is 1. The van der Waals surface area contributed by atoms with Crippen LogP contribution in [-0.2, 0) is 0 Å². The highest BCUT2D eigenvalue weighted by molar-refractivity contribution is 6.30. The molecule has 0 unspecified atom stereocenters. The third-order valence-electron chi connectivity index (χ3n) is 4.23. The van der Waals surface area contributed by atoms with Gasteiger partial charge in [0.2, 0.25) is 0 Å².